The van der Waals surface area contributed by atoms with E-state index in [4.69, 9.17) is 10.8 Å². The molecule has 5 atom stereocenters. The fraction of sp³-hybridized carbons (Fsp3) is 0.474. The van der Waals surface area contributed by atoms with Gasteiger partial charge in [0.1, 0.15) is 23.5 Å². The molecule has 0 spiro atoms. The lowest BCUT2D eigenvalue weighted by atomic mass is 9.77. The Kier molecular flexibility index (Phi) is 8.48. The van der Waals surface area contributed by atoms with Crippen molar-refractivity contribution < 1.29 is 57.5 Å². The number of nitrogens with one attached hydrogen (secondary N) is 3. The second kappa shape index (κ2) is 10.7. The minimum absolute atomic E-state index is 0.0221. The molecule has 1 saturated carbocycles. The molecule has 0 saturated heterocycles. The van der Waals surface area contributed by atoms with Crippen LogP contribution in [0.2, 0.25) is 0 Å². The summed E-state index contributed by atoms with van der Waals surface area (Å²) in [5, 5.41) is 46.3. The highest BCUT2D eigenvalue weighted by atomic mass is 19.4. The Morgan fingerprint density at radius 2 is 1.74 bits per heavy atom. The lowest BCUT2D eigenvalue weighted by Crippen LogP contribution is -2.64. The van der Waals surface area contributed by atoms with Crippen LogP contribution in [0.5, 0.6) is 5.75 Å². The minimum Gasteiger partial charge on any atom is -0.481 e. The van der Waals surface area contributed by atoms with E-state index >= 15 is 0 Å². The largest absolute Gasteiger partial charge is 0.573 e. The van der Waals surface area contributed by atoms with Crippen molar-refractivity contribution in [1.82, 2.24) is 10.6 Å². The Bertz CT molecular complexity index is 960. The molecule has 1 aromatic carbocycles. The van der Waals surface area contributed by atoms with Crippen LogP contribution in [0.25, 0.3) is 0 Å². The van der Waals surface area contributed by atoms with Crippen LogP contribution in [-0.2, 0) is 14.4 Å². The molecule has 5 unspecified atom stereocenters. The summed E-state index contributed by atoms with van der Waals surface area (Å²) in [4.78, 5) is 47.1. The quantitative estimate of drug-likeness (QED) is 0.210. The van der Waals surface area contributed by atoms with Gasteiger partial charge in [-0.25, -0.2) is 4.79 Å². The number of carboxylic acids is 1. The predicted octanol–water partition coefficient (Wildman–Crippen LogP) is -1.23. The first-order valence-electron chi connectivity index (χ1n) is 9.93. The number of aliphatic hydroxyl groups is 3. The maximum atomic E-state index is 12.5. The third-order valence-electron chi connectivity index (χ3n) is 5.02. The normalized spacial score (nSPS) is 25.1. The molecule has 9 N–H and O–H groups in total. The lowest BCUT2D eigenvalue weighted by molar-refractivity contribution is -0.274. The number of amides is 4. The number of urea groups is 1. The molecule has 1 aromatic rings. The number of carbonyl (C=O) groups is 4. The molecule has 0 aliphatic heterocycles. The highest BCUT2D eigenvalue weighted by molar-refractivity contribution is 5.93. The van der Waals surface area contributed by atoms with Crippen LogP contribution in [-0.4, -0.2) is 80.5 Å². The van der Waals surface area contributed by atoms with Crippen LogP contribution in [0.15, 0.2) is 24.3 Å². The number of carboxylic acid groups (broad SMARTS) is 1. The summed E-state index contributed by atoms with van der Waals surface area (Å²) in [6, 6.07) is -0.0568. The molecule has 1 aliphatic carbocycles. The number of rotatable bonds is 8. The molecule has 2 rings (SSSR count). The Hall–Kier alpha value is -3.63. The van der Waals surface area contributed by atoms with E-state index in [1.54, 1.807) is 0 Å². The number of primary amides is 1. The van der Waals surface area contributed by atoms with Gasteiger partial charge in [-0.2, -0.15) is 0 Å². The Morgan fingerprint density at radius 3 is 2.26 bits per heavy atom. The van der Waals surface area contributed by atoms with Gasteiger partial charge in [-0.1, -0.05) is 0 Å². The lowest BCUT2D eigenvalue weighted by Gasteiger charge is -2.41. The molecule has 0 heterocycles. The summed E-state index contributed by atoms with van der Waals surface area (Å²) < 4.78 is 40.4. The van der Waals surface area contributed by atoms with Gasteiger partial charge in [-0.3, -0.25) is 14.4 Å². The van der Waals surface area contributed by atoms with Crippen molar-refractivity contribution >= 4 is 29.5 Å². The van der Waals surface area contributed by atoms with Crippen LogP contribution >= 0.6 is 0 Å². The van der Waals surface area contributed by atoms with E-state index < -0.39 is 85.1 Å². The summed E-state index contributed by atoms with van der Waals surface area (Å²) >= 11 is 0. The van der Waals surface area contributed by atoms with Crippen molar-refractivity contribution in [2.45, 2.75) is 55.5 Å². The molecular weight excluding hydrogens is 485 g/mol. The number of carbonyl (C=O) groups excluding carboxylic acids is 3. The Labute approximate surface area is 195 Å². The van der Waals surface area contributed by atoms with Gasteiger partial charge in [0.2, 0.25) is 5.91 Å². The summed E-state index contributed by atoms with van der Waals surface area (Å²) in [5.41, 5.74) is 2.64. The number of anilines is 1. The number of hydrogen-bond donors (Lipinski definition) is 8. The van der Waals surface area contributed by atoms with Crippen LogP contribution in [0.3, 0.4) is 0 Å². The minimum atomic E-state index is -4.90. The zero-order valence-electron chi connectivity index (χ0n) is 17.8. The SMILES string of the molecule is NC(=O)C(CC(=O)O)NC(=O)C1(O)CC(O)C(O)C(NC(=O)Nc2ccc(OC(F)(F)F)cc2)C1. The second-order valence-corrected chi connectivity index (χ2v) is 7.80. The fourth-order valence-electron chi connectivity index (χ4n) is 3.39. The van der Waals surface area contributed by atoms with Crippen LogP contribution < -0.4 is 26.4 Å². The zero-order chi connectivity index (χ0) is 26.6. The first-order chi connectivity index (χ1) is 16.1. The summed E-state index contributed by atoms with van der Waals surface area (Å²) in [6.07, 6.45) is -10.5. The van der Waals surface area contributed by atoms with Gasteiger partial charge in [0.25, 0.3) is 5.91 Å². The van der Waals surface area contributed by atoms with Crippen molar-refractivity contribution in [1.29, 1.82) is 0 Å². The molecule has 35 heavy (non-hydrogen) atoms. The zero-order valence-corrected chi connectivity index (χ0v) is 17.8. The van der Waals surface area contributed by atoms with Crippen LogP contribution in [0, 0.1) is 0 Å². The van der Waals surface area contributed by atoms with Crippen molar-refractivity contribution in [3.8, 4) is 5.75 Å². The molecule has 13 nitrogen and oxygen atoms in total. The van der Waals surface area contributed by atoms with E-state index in [0.717, 1.165) is 24.3 Å². The van der Waals surface area contributed by atoms with Gasteiger partial charge in [0, 0.05) is 18.5 Å². The molecule has 1 aliphatic rings. The number of benzene rings is 1. The van der Waals surface area contributed by atoms with Gasteiger partial charge in [0.05, 0.1) is 18.6 Å². The van der Waals surface area contributed by atoms with E-state index in [-0.39, 0.29) is 5.69 Å². The van der Waals surface area contributed by atoms with E-state index in [1.807, 2.05) is 5.32 Å². The van der Waals surface area contributed by atoms with E-state index in [2.05, 4.69) is 15.4 Å². The number of nitrogens with two attached hydrogens (primary N) is 1. The highest BCUT2D eigenvalue weighted by Gasteiger charge is 2.49. The van der Waals surface area contributed by atoms with Crippen molar-refractivity contribution in [3.63, 3.8) is 0 Å². The van der Waals surface area contributed by atoms with Crippen molar-refractivity contribution in [2.75, 3.05) is 5.32 Å². The maximum Gasteiger partial charge on any atom is 0.573 e. The number of halogens is 3. The third-order valence-corrected chi connectivity index (χ3v) is 5.02. The summed E-state index contributed by atoms with van der Waals surface area (Å²) in [7, 11) is 0. The molecule has 0 radical (unpaired) electrons. The van der Waals surface area contributed by atoms with E-state index in [1.165, 1.54) is 0 Å². The van der Waals surface area contributed by atoms with Crippen molar-refractivity contribution in [2.24, 2.45) is 5.73 Å². The molecule has 0 bridgehead atoms. The van der Waals surface area contributed by atoms with Gasteiger partial charge >= 0.3 is 18.4 Å². The Balaban J connectivity index is 2.06. The van der Waals surface area contributed by atoms with E-state index in [0.29, 0.717) is 0 Å². The number of aliphatic carboxylic acids is 1. The standard InChI is InChI=1S/C19H23F3N4O9/c20-19(21,22)35-9-3-1-8(2-4-9)24-17(33)26-11-6-18(34,7-12(27)14(11)30)16(32)25-10(15(23)31)5-13(28)29/h1-4,10-12,14,27,30,34H,5-7H2,(H2,23,31)(H,25,32)(H,28,29)(H2,24,26,33). The number of aliphatic hydroxyl groups excluding tert-OH is 2. The topological polar surface area (TPSA) is 221 Å². The van der Waals surface area contributed by atoms with Crippen LogP contribution in [0.4, 0.5) is 23.7 Å². The molecule has 4 amide bonds. The monoisotopic (exact) mass is 508 g/mol. The average Bonchev–Trinajstić information content (AvgIpc) is 2.71. The Morgan fingerprint density at radius 1 is 1.14 bits per heavy atom. The van der Waals surface area contributed by atoms with Gasteiger partial charge < -0.3 is 46.8 Å². The average molecular weight is 508 g/mol. The smallest absolute Gasteiger partial charge is 0.481 e. The fourth-order valence-corrected chi connectivity index (χ4v) is 3.39. The van der Waals surface area contributed by atoms with Gasteiger partial charge in [0.15, 0.2) is 0 Å². The van der Waals surface area contributed by atoms with E-state index in [9.17, 15) is 47.7 Å². The highest BCUT2D eigenvalue weighted by Crippen LogP contribution is 2.30. The number of alkyl halides is 3. The van der Waals surface area contributed by atoms with Gasteiger partial charge in [-0.15, -0.1) is 13.2 Å². The predicted molar refractivity (Wildman–Crippen MR) is 109 cm³/mol. The van der Waals surface area contributed by atoms with Crippen molar-refractivity contribution in [3.05, 3.63) is 24.3 Å². The third kappa shape index (κ3) is 7.97. The molecule has 194 valence electrons. The summed E-state index contributed by atoms with van der Waals surface area (Å²) in [5.74, 6) is -4.46. The number of hydrogen-bond acceptors (Lipinski definition) is 8. The summed E-state index contributed by atoms with van der Waals surface area (Å²) in [6.45, 7) is 0. The molecule has 0 aromatic heterocycles. The number of ether oxygens (including phenoxy) is 1. The first kappa shape index (κ1) is 27.6. The molecular formula is C19H23F3N4O9. The molecule has 16 heteroatoms. The maximum absolute atomic E-state index is 12.5. The second-order valence-electron chi connectivity index (χ2n) is 7.80. The first-order valence-corrected chi connectivity index (χ1v) is 9.93. The van der Waals surface area contributed by atoms with Gasteiger partial charge in [-0.05, 0) is 24.3 Å². The molecule has 1 fully saturated rings. The van der Waals surface area contributed by atoms with Crippen LogP contribution in [0.1, 0.15) is 19.3 Å².